The lowest BCUT2D eigenvalue weighted by atomic mass is 9.69. The summed E-state index contributed by atoms with van der Waals surface area (Å²) in [4.78, 5) is 13.8. The average Bonchev–Trinajstić information content (AvgIpc) is 2.18. The molecule has 15 heavy (non-hydrogen) atoms. The zero-order valence-electron chi connectivity index (χ0n) is 9.45. The van der Waals surface area contributed by atoms with Crippen LogP contribution < -0.4 is 0 Å². The van der Waals surface area contributed by atoms with Crippen LogP contribution in [0.15, 0.2) is 0 Å². The van der Waals surface area contributed by atoms with E-state index in [9.17, 15) is 4.79 Å². The van der Waals surface area contributed by atoms with Gasteiger partial charge in [0.15, 0.2) is 0 Å². The number of hydrogen-bond donors (Lipinski definition) is 0. The molecule has 1 rings (SSSR count). The van der Waals surface area contributed by atoms with Gasteiger partial charge in [-0.05, 0) is 26.2 Å². The van der Waals surface area contributed by atoms with E-state index < -0.39 is 5.41 Å². The third kappa shape index (κ3) is 2.29. The van der Waals surface area contributed by atoms with Gasteiger partial charge in [0.2, 0.25) is 5.91 Å². The zero-order valence-corrected chi connectivity index (χ0v) is 9.45. The number of carbonyl (C=O) groups is 1. The van der Waals surface area contributed by atoms with Crippen molar-refractivity contribution in [1.82, 2.24) is 4.90 Å². The summed E-state index contributed by atoms with van der Waals surface area (Å²) in [5.74, 6) is -0.0178. The minimum absolute atomic E-state index is 0.0178. The molecule has 1 saturated carbocycles. The quantitative estimate of drug-likeness (QED) is 0.684. The molecule has 0 heterocycles. The SMILES string of the molecule is CCN(CCOC)C(=O)C1(C#N)CCC1. The molecule has 4 heteroatoms. The maximum atomic E-state index is 12.1. The zero-order chi connectivity index (χ0) is 11.3. The third-order valence-electron chi connectivity index (χ3n) is 3.06. The van der Waals surface area contributed by atoms with E-state index in [1.807, 2.05) is 6.92 Å². The van der Waals surface area contributed by atoms with E-state index in [-0.39, 0.29) is 5.91 Å². The van der Waals surface area contributed by atoms with Crippen LogP contribution in [0.2, 0.25) is 0 Å². The summed E-state index contributed by atoms with van der Waals surface area (Å²) in [6.45, 7) is 3.68. The molecule has 0 aliphatic heterocycles. The van der Waals surface area contributed by atoms with Crippen molar-refractivity contribution in [2.75, 3.05) is 26.8 Å². The number of hydrogen-bond acceptors (Lipinski definition) is 3. The van der Waals surface area contributed by atoms with Crippen molar-refractivity contribution in [1.29, 1.82) is 5.26 Å². The predicted molar refractivity (Wildman–Crippen MR) is 56.0 cm³/mol. The van der Waals surface area contributed by atoms with Crippen molar-refractivity contribution < 1.29 is 9.53 Å². The van der Waals surface area contributed by atoms with E-state index >= 15 is 0 Å². The van der Waals surface area contributed by atoms with Gasteiger partial charge in [-0.3, -0.25) is 4.79 Å². The second-order valence-electron chi connectivity index (χ2n) is 3.93. The van der Waals surface area contributed by atoms with Crippen LogP contribution in [0.3, 0.4) is 0 Å². The minimum Gasteiger partial charge on any atom is -0.383 e. The highest BCUT2D eigenvalue weighted by atomic mass is 16.5. The Bertz CT molecular complexity index is 266. The van der Waals surface area contributed by atoms with Crippen molar-refractivity contribution >= 4 is 5.91 Å². The molecule has 0 aromatic heterocycles. The highest BCUT2D eigenvalue weighted by Crippen LogP contribution is 2.41. The van der Waals surface area contributed by atoms with Crippen LogP contribution in [-0.2, 0) is 9.53 Å². The van der Waals surface area contributed by atoms with E-state index in [4.69, 9.17) is 10.00 Å². The lowest BCUT2D eigenvalue weighted by molar-refractivity contribution is -0.143. The summed E-state index contributed by atoms with van der Waals surface area (Å²) in [6, 6.07) is 2.17. The molecular formula is C11H18N2O2. The molecule has 0 atom stereocenters. The van der Waals surface area contributed by atoms with E-state index in [0.29, 0.717) is 32.5 Å². The molecule has 0 radical (unpaired) electrons. The molecule has 1 aliphatic rings. The minimum atomic E-state index is -0.719. The van der Waals surface area contributed by atoms with Gasteiger partial charge in [0.1, 0.15) is 5.41 Å². The Balaban J connectivity index is 2.60. The number of likely N-dealkylation sites (N-methyl/N-ethyl adjacent to an activating group) is 1. The maximum absolute atomic E-state index is 12.1. The molecule has 0 spiro atoms. The van der Waals surface area contributed by atoms with Crippen LogP contribution in [0.1, 0.15) is 26.2 Å². The van der Waals surface area contributed by atoms with Gasteiger partial charge in [-0.1, -0.05) is 0 Å². The van der Waals surface area contributed by atoms with Gasteiger partial charge in [-0.25, -0.2) is 0 Å². The van der Waals surface area contributed by atoms with Gasteiger partial charge >= 0.3 is 0 Å². The standard InChI is InChI=1S/C11H18N2O2/c1-3-13(7-8-15-2)10(14)11(9-12)5-4-6-11/h3-8H2,1-2H3. The average molecular weight is 210 g/mol. The Morgan fingerprint density at radius 1 is 1.60 bits per heavy atom. The number of carbonyl (C=O) groups excluding carboxylic acids is 1. The summed E-state index contributed by atoms with van der Waals surface area (Å²) in [7, 11) is 1.61. The summed E-state index contributed by atoms with van der Waals surface area (Å²) >= 11 is 0. The highest BCUT2D eigenvalue weighted by Gasteiger charge is 2.46. The summed E-state index contributed by atoms with van der Waals surface area (Å²) in [5, 5.41) is 9.05. The fourth-order valence-electron chi connectivity index (χ4n) is 1.81. The van der Waals surface area contributed by atoms with Crippen LogP contribution in [0.25, 0.3) is 0 Å². The number of ether oxygens (including phenoxy) is 1. The maximum Gasteiger partial charge on any atom is 0.243 e. The van der Waals surface area contributed by atoms with Crippen LogP contribution in [0, 0.1) is 16.7 Å². The molecule has 0 N–H and O–H groups in total. The lowest BCUT2D eigenvalue weighted by Crippen LogP contribution is -2.48. The third-order valence-corrected chi connectivity index (χ3v) is 3.06. The first-order chi connectivity index (χ1) is 7.20. The van der Waals surface area contributed by atoms with Gasteiger partial charge in [-0.2, -0.15) is 5.26 Å². The summed E-state index contributed by atoms with van der Waals surface area (Å²) < 4.78 is 4.95. The molecule has 0 aromatic carbocycles. The Morgan fingerprint density at radius 3 is 2.60 bits per heavy atom. The number of amides is 1. The van der Waals surface area contributed by atoms with Crippen LogP contribution in [-0.4, -0.2) is 37.6 Å². The monoisotopic (exact) mass is 210 g/mol. The molecule has 0 unspecified atom stereocenters. The lowest BCUT2D eigenvalue weighted by Gasteiger charge is -2.37. The fraction of sp³-hybridized carbons (Fsp3) is 0.818. The molecule has 84 valence electrons. The largest absolute Gasteiger partial charge is 0.383 e. The molecule has 1 amide bonds. The summed E-state index contributed by atoms with van der Waals surface area (Å²) in [6.07, 6.45) is 2.42. The van der Waals surface area contributed by atoms with E-state index in [1.165, 1.54) is 0 Å². The molecule has 0 aromatic rings. The second kappa shape index (κ2) is 5.13. The molecule has 1 fully saturated rings. The van der Waals surface area contributed by atoms with Crippen molar-refractivity contribution in [2.24, 2.45) is 5.41 Å². The van der Waals surface area contributed by atoms with Crippen molar-refractivity contribution in [3.05, 3.63) is 0 Å². The Kier molecular flexibility index (Phi) is 4.10. The molecule has 4 nitrogen and oxygen atoms in total. The summed E-state index contributed by atoms with van der Waals surface area (Å²) in [5.41, 5.74) is -0.719. The van der Waals surface area contributed by atoms with Gasteiger partial charge in [0.05, 0.1) is 12.7 Å². The number of nitrogens with zero attached hydrogens (tertiary/aromatic N) is 2. The topological polar surface area (TPSA) is 53.3 Å². The van der Waals surface area contributed by atoms with E-state index in [0.717, 1.165) is 6.42 Å². The van der Waals surface area contributed by atoms with E-state index in [1.54, 1.807) is 12.0 Å². The Hall–Kier alpha value is -1.08. The van der Waals surface area contributed by atoms with Gasteiger partial charge in [-0.15, -0.1) is 0 Å². The van der Waals surface area contributed by atoms with E-state index in [2.05, 4.69) is 6.07 Å². The van der Waals surface area contributed by atoms with Crippen LogP contribution in [0.5, 0.6) is 0 Å². The van der Waals surface area contributed by atoms with Crippen molar-refractivity contribution in [3.63, 3.8) is 0 Å². The predicted octanol–water partition coefficient (Wildman–Crippen LogP) is 1.18. The number of methoxy groups -OCH3 is 1. The van der Waals surface area contributed by atoms with Gasteiger partial charge in [0, 0.05) is 20.2 Å². The van der Waals surface area contributed by atoms with Crippen LogP contribution >= 0.6 is 0 Å². The normalized spacial score (nSPS) is 17.7. The van der Waals surface area contributed by atoms with Crippen LogP contribution in [0.4, 0.5) is 0 Å². The first-order valence-electron chi connectivity index (χ1n) is 5.39. The molecule has 0 saturated heterocycles. The first kappa shape index (κ1) is 12.0. The fourth-order valence-corrected chi connectivity index (χ4v) is 1.81. The Morgan fingerprint density at radius 2 is 2.27 bits per heavy atom. The van der Waals surface area contributed by atoms with Crippen molar-refractivity contribution in [2.45, 2.75) is 26.2 Å². The smallest absolute Gasteiger partial charge is 0.243 e. The molecular weight excluding hydrogens is 192 g/mol. The molecule has 1 aliphatic carbocycles. The molecule has 0 bridgehead atoms. The van der Waals surface area contributed by atoms with Crippen molar-refractivity contribution in [3.8, 4) is 6.07 Å². The Labute approximate surface area is 90.8 Å². The first-order valence-corrected chi connectivity index (χ1v) is 5.39. The second-order valence-corrected chi connectivity index (χ2v) is 3.93. The van der Waals surface area contributed by atoms with Gasteiger partial charge in [0.25, 0.3) is 0 Å². The highest BCUT2D eigenvalue weighted by molar-refractivity contribution is 5.86. The van der Waals surface area contributed by atoms with Gasteiger partial charge < -0.3 is 9.64 Å². The number of nitriles is 1. The number of rotatable bonds is 5.